The van der Waals surface area contributed by atoms with Crippen molar-refractivity contribution in [2.45, 2.75) is 26.2 Å². The predicted molar refractivity (Wildman–Crippen MR) is 84.6 cm³/mol. The van der Waals surface area contributed by atoms with Crippen molar-refractivity contribution in [1.82, 2.24) is 4.98 Å². The molecule has 0 radical (unpaired) electrons. The first-order valence-corrected chi connectivity index (χ1v) is 7.51. The van der Waals surface area contributed by atoms with Crippen molar-refractivity contribution in [2.24, 2.45) is 5.92 Å². The molecular weight excluding hydrogens is 284 g/mol. The van der Waals surface area contributed by atoms with E-state index in [1.54, 1.807) is 6.20 Å². The number of hydrogen-bond acceptors (Lipinski definition) is 2. The van der Waals surface area contributed by atoms with Gasteiger partial charge in [0.25, 0.3) is 0 Å². The third-order valence-corrected chi connectivity index (χ3v) is 4.40. The van der Waals surface area contributed by atoms with Crippen molar-refractivity contribution in [1.29, 1.82) is 0 Å². The molecule has 2 aromatic rings. The zero-order valence-corrected chi connectivity index (χ0v) is 12.7. The fourth-order valence-corrected chi connectivity index (χ4v) is 2.90. The molecule has 21 heavy (non-hydrogen) atoms. The largest absolute Gasteiger partial charge is 0.324 e. The topological polar surface area (TPSA) is 42.0 Å². The molecule has 0 saturated carbocycles. The molecule has 1 unspecified atom stereocenters. The zero-order chi connectivity index (χ0) is 14.8. The van der Waals surface area contributed by atoms with Crippen LogP contribution in [-0.2, 0) is 17.6 Å². The van der Waals surface area contributed by atoms with Crippen LogP contribution in [0.15, 0.2) is 36.5 Å². The summed E-state index contributed by atoms with van der Waals surface area (Å²) in [6.07, 6.45) is 4.26. The molecule has 0 fully saturated rings. The Morgan fingerprint density at radius 3 is 2.86 bits per heavy atom. The summed E-state index contributed by atoms with van der Waals surface area (Å²) in [5, 5.41) is 3.42. The number of hydrogen-bond donors (Lipinski definition) is 1. The van der Waals surface area contributed by atoms with Crippen molar-refractivity contribution in [3.05, 3.63) is 58.4 Å². The van der Waals surface area contributed by atoms with E-state index < -0.39 is 0 Å². The molecule has 1 atom stereocenters. The highest BCUT2D eigenvalue weighted by Crippen LogP contribution is 2.26. The van der Waals surface area contributed by atoms with Gasteiger partial charge in [0.1, 0.15) is 5.15 Å². The molecular formula is C17H17ClN2O. The van der Waals surface area contributed by atoms with Crippen molar-refractivity contribution in [2.75, 3.05) is 5.32 Å². The van der Waals surface area contributed by atoms with Gasteiger partial charge in [0, 0.05) is 5.92 Å². The molecule has 0 bridgehead atoms. The predicted octanol–water partition coefficient (Wildman–Crippen LogP) is 3.79. The zero-order valence-electron chi connectivity index (χ0n) is 11.9. The lowest BCUT2D eigenvalue weighted by molar-refractivity contribution is -0.120. The number of halogens is 1. The lowest BCUT2D eigenvalue weighted by Gasteiger charge is -2.23. The van der Waals surface area contributed by atoms with E-state index in [-0.39, 0.29) is 11.8 Å². The molecule has 0 spiro atoms. The fraction of sp³-hybridized carbons (Fsp3) is 0.294. The summed E-state index contributed by atoms with van der Waals surface area (Å²) in [4.78, 5) is 16.5. The highest BCUT2D eigenvalue weighted by molar-refractivity contribution is 6.30. The maximum Gasteiger partial charge on any atom is 0.227 e. The van der Waals surface area contributed by atoms with Gasteiger partial charge in [0.05, 0.1) is 11.9 Å². The van der Waals surface area contributed by atoms with E-state index in [1.165, 1.54) is 11.1 Å². The van der Waals surface area contributed by atoms with Crippen LogP contribution >= 0.6 is 11.6 Å². The summed E-state index contributed by atoms with van der Waals surface area (Å²) in [5.41, 5.74) is 4.23. The minimum Gasteiger partial charge on any atom is -0.324 e. The molecule has 1 amide bonds. The van der Waals surface area contributed by atoms with E-state index in [1.807, 2.05) is 19.1 Å². The van der Waals surface area contributed by atoms with Crippen LogP contribution < -0.4 is 5.32 Å². The summed E-state index contributed by atoms with van der Waals surface area (Å²) in [5.74, 6) is 0.0870. The number of nitrogens with one attached hydrogen (secondary N) is 1. The van der Waals surface area contributed by atoms with Crippen LogP contribution in [-0.4, -0.2) is 10.9 Å². The molecule has 4 heteroatoms. The second-order valence-corrected chi connectivity index (χ2v) is 5.89. The number of anilines is 1. The smallest absolute Gasteiger partial charge is 0.227 e. The van der Waals surface area contributed by atoms with E-state index in [0.717, 1.165) is 24.8 Å². The first-order valence-electron chi connectivity index (χ1n) is 7.13. The standard InChI is InChI=1S/C17H17ClN2O/c1-11-8-15(10-19-16(11)18)20-17(21)14-7-6-12-4-2-3-5-13(12)9-14/h2-5,8,10,14H,6-7,9H2,1H3,(H,20,21). The Morgan fingerprint density at radius 2 is 2.10 bits per heavy atom. The molecule has 0 saturated heterocycles. The van der Waals surface area contributed by atoms with E-state index in [9.17, 15) is 4.79 Å². The average molecular weight is 301 g/mol. The molecule has 1 aromatic heterocycles. The number of rotatable bonds is 2. The molecule has 3 nitrogen and oxygen atoms in total. The van der Waals surface area contributed by atoms with Gasteiger partial charge in [-0.2, -0.15) is 0 Å². The molecule has 0 aliphatic heterocycles. The summed E-state index contributed by atoms with van der Waals surface area (Å²) in [6.45, 7) is 1.88. The van der Waals surface area contributed by atoms with E-state index >= 15 is 0 Å². The fourth-order valence-electron chi connectivity index (χ4n) is 2.79. The van der Waals surface area contributed by atoms with Gasteiger partial charge in [-0.05, 0) is 48.9 Å². The third kappa shape index (κ3) is 3.08. The monoisotopic (exact) mass is 300 g/mol. The van der Waals surface area contributed by atoms with Gasteiger partial charge in [-0.1, -0.05) is 35.9 Å². The number of aryl methyl sites for hydroxylation is 2. The number of pyridine rings is 1. The molecule has 1 heterocycles. The lowest BCUT2D eigenvalue weighted by Crippen LogP contribution is -2.28. The molecule has 1 aromatic carbocycles. The Kier molecular flexibility index (Phi) is 3.93. The molecule has 1 aliphatic carbocycles. The highest BCUT2D eigenvalue weighted by Gasteiger charge is 2.24. The second-order valence-electron chi connectivity index (χ2n) is 5.53. The summed E-state index contributed by atoms with van der Waals surface area (Å²) >= 11 is 5.90. The van der Waals surface area contributed by atoms with E-state index in [4.69, 9.17) is 11.6 Å². The van der Waals surface area contributed by atoms with Crippen LogP contribution in [0.25, 0.3) is 0 Å². The van der Waals surface area contributed by atoms with E-state index in [2.05, 4.69) is 28.5 Å². The number of benzene rings is 1. The number of carbonyl (C=O) groups is 1. The molecule has 1 aliphatic rings. The Labute approximate surface area is 129 Å². The quantitative estimate of drug-likeness (QED) is 0.858. The van der Waals surface area contributed by atoms with Gasteiger partial charge in [0.15, 0.2) is 0 Å². The van der Waals surface area contributed by atoms with Crippen LogP contribution in [0.1, 0.15) is 23.1 Å². The van der Waals surface area contributed by atoms with Crippen LogP contribution in [0.5, 0.6) is 0 Å². The number of nitrogens with zero attached hydrogens (tertiary/aromatic N) is 1. The summed E-state index contributed by atoms with van der Waals surface area (Å²) < 4.78 is 0. The lowest BCUT2D eigenvalue weighted by atomic mass is 9.83. The number of carbonyl (C=O) groups excluding carboxylic acids is 1. The van der Waals surface area contributed by atoms with Gasteiger partial charge in [-0.25, -0.2) is 4.98 Å². The van der Waals surface area contributed by atoms with Crippen molar-refractivity contribution >= 4 is 23.2 Å². The van der Waals surface area contributed by atoms with Gasteiger partial charge < -0.3 is 5.32 Å². The third-order valence-electron chi connectivity index (χ3n) is 4.00. The maximum atomic E-state index is 12.4. The van der Waals surface area contributed by atoms with Gasteiger partial charge in [-0.15, -0.1) is 0 Å². The highest BCUT2D eigenvalue weighted by atomic mass is 35.5. The minimum absolute atomic E-state index is 0.0240. The summed E-state index contributed by atoms with van der Waals surface area (Å²) in [6, 6.07) is 10.2. The van der Waals surface area contributed by atoms with Crippen LogP contribution in [0, 0.1) is 12.8 Å². The van der Waals surface area contributed by atoms with Gasteiger partial charge in [0.2, 0.25) is 5.91 Å². The Morgan fingerprint density at radius 1 is 1.33 bits per heavy atom. The first kappa shape index (κ1) is 14.1. The van der Waals surface area contributed by atoms with Gasteiger partial charge >= 0.3 is 0 Å². The SMILES string of the molecule is Cc1cc(NC(=O)C2CCc3ccccc3C2)cnc1Cl. The van der Waals surface area contributed by atoms with E-state index in [0.29, 0.717) is 10.8 Å². The van der Waals surface area contributed by atoms with Crippen LogP contribution in [0.4, 0.5) is 5.69 Å². The maximum absolute atomic E-state index is 12.4. The molecule has 1 N–H and O–H groups in total. The second kappa shape index (κ2) is 5.86. The van der Waals surface area contributed by atoms with Crippen molar-refractivity contribution in [3.8, 4) is 0 Å². The van der Waals surface area contributed by atoms with Gasteiger partial charge in [-0.3, -0.25) is 4.79 Å². The van der Waals surface area contributed by atoms with Crippen molar-refractivity contribution in [3.63, 3.8) is 0 Å². The van der Waals surface area contributed by atoms with Crippen molar-refractivity contribution < 1.29 is 4.79 Å². The van der Waals surface area contributed by atoms with Crippen LogP contribution in [0.3, 0.4) is 0 Å². The summed E-state index contributed by atoms with van der Waals surface area (Å²) in [7, 11) is 0. The normalized spacial score (nSPS) is 17.1. The average Bonchev–Trinajstić information content (AvgIpc) is 2.50. The number of aromatic nitrogens is 1. The Balaban J connectivity index is 1.70. The first-order chi connectivity index (χ1) is 10.1. The molecule has 3 rings (SSSR count). The number of fused-ring (bicyclic) bond motifs is 1. The minimum atomic E-state index is 0.0240. The Hall–Kier alpha value is -1.87. The molecule has 108 valence electrons. The Bertz CT molecular complexity index is 684. The van der Waals surface area contributed by atoms with Crippen LogP contribution in [0.2, 0.25) is 5.15 Å². The number of amides is 1.